The second-order valence-electron chi connectivity index (χ2n) is 4.67. The molecule has 0 aliphatic carbocycles. The Labute approximate surface area is 109 Å². The van der Waals surface area contributed by atoms with E-state index in [4.69, 9.17) is 15.2 Å². The molecule has 2 unspecified atom stereocenters. The first-order chi connectivity index (χ1) is 8.53. The lowest BCUT2D eigenvalue weighted by molar-refractivity contribution is -0.0220. The molecule has 0 spiro atoms. The number of rotatable bonds is 7. The summed E-state index contributed by atoms with van der Waals surface area (Å²) < 4.78 is 12.9. The molecule has 0 saturated carbocycles. The topological polar surface area (TPSA) is 62.3 Å². The molecule has 0 bridgehead atoms. The Morgan fingerprint density at radius 1 is 1.44 bits per heavy atom. The van der Waals surface area contributed by atoms with Gasteiger partial charge in [-0.25, -0.2) is 0 Å². The molecule has 2 atom stereocenters. The van der Waals surface area contributed by atoms with Gasteiger partial charge in [-0.05, 0) is 19.8 Å². The van der Waals surface area contributed by atoms with E-state index in [1.54, 1.807) is 20.4 Å². The Morgan fingerprint density at radius 3 is 2.56 bits per heavy atom. The zero-order chi connectivity index (χ0) is 13.8. The fourth-order valence-corrected chi connectivity index (χ4v) is 2.02. The van der Waals surface area contributed by atoms with Crippen LogP contribution in [0.1, 0.15) is 45.3 Å². The van der Waals surface area contributed by atoms with Crippen molar-refractivity contribution in [1.29, 1.82) is 0 Å². The Morgan fingerprint density at radius 2 is 2.11 bits per heavy atom. The van der Waals surface area contributed by atoms with Gasteiger partial charge < -0.3 is 15.2 Å². The molecule has 104 valence electrons. The van der Waals surface area contributed by atoms with Crippen LogP contribution in [0.15, 0.2) is 6.20 Å². The quantitative estimate of drug-likeness (QED) is 0.810. The predicted octanol–water partition coefficient (Wildman–Crippen LogP) is 2.12. The van der Waals surface area contributed by atoms with Gasteiger partial charge in [0.05, 0.1) is 30.6 Å². The van der Waals surface area contributed by atoms with Gasteiger partial charge in [0.2, 0.25) is 0 Å². The van der Waals surface area contributed by atoms with Gasteiger partial charge in [-0.15, -0.1) is 0 Å². The molecular weight excluding hydrogens is 230 g/mol. The summed E-state index contributed by atoms with van der Waals surface area (Å²) in [6.45, 7) is 7.02. The largest absolute Gasteiger partial charge is 0.493 e. The monoisotopic (exact) mass is 255 g/mol. The van der Waals surface area contributed by atoms with Gasteiger partial charge in [-0.1, -0.05) is 13.8 Å². The van der Waals surface area contributed by atoms with Gasteiger partial charge in [-0.2, -0.15) is 5.10 Å². The van der Waals surface area contributed by atoms with Crippen LogP contribution in [0.3, 0.4) is 0 Å². The first kappa shape index (κ1) is 15.0. The van der Waals surface area contributed by atoms with E-state index in [9.17, 15) is 0 Å². The van der Waals surface area contributed by atoms with Crippen LogP contribution in [-0.2, 0) is 11.3 Å². The second-order valence-corrected chi connectivity index (χ2v) is 4.67. The number of hydrogen-bond donors (Lipinski definition) is 1. The molecule has 5 heteroatoms. The molecule has 0 aromatic carbocycles. The smallest absolute Gasteiger partial charge is 0.161 e. The van der Waals surface area contributed by atoms with Crippen LogP contribution in [-0.4, -0.2) is 29.6 Å². The van der Waals surface area contributed by atoms with Crippen LogP contribution >= 0.6 is 0 Å². The molecule has 18 heavy (non-hydrogen) atoms. The van der Waals surface area contributed by atoms with Crippen molar-refractivity contribution in [3.63, 3.8) is 0 Å². The zero-order valence-corrected chi connectivity index (χ0v) is 12.1. The first-order valence-corrected chi connectivity index (χ1v) is 6.44. The number of methoxy groups -OCH3 is 2. The molecule has 1 rings (SSSR count). The van der Waals surface area contributed by atoms with E-state index >= 15 is 0 Å². The minimum absolute atomic E-state index is 0.267. The lowest BCUT2D eigenvalue weighted by Gasteiger charge is -2.33. The number of ether oxygens (including phenoxy) is 2. The maximum absolute atomic E-state index is 6.38. The molecular formula is C13H25N3O2. The highest BCUT2D eigenvalue weighted by Gasteiger charge is 2.35. The van der Waals surface area contributed by atoms with Gasteiger partial charge in [0, 0.05) is 13.7 Å². The van der Waals surface area contributed by atoms with E-state index in [0.717, 1.165) is 30.8 Å². The number of aryl methyl sites for hydroxylation is 1. The standard InChI is InChI=1S/C13H25N3O2/c1-6-8-16-11(10(17-4)9-15-16)12(14)13(3,7-2)18-5/h9,12H,6-8,14H2,1-5H3. The van der Waals surface area contributed by atoms with Crippen molar-refractivity contribution < 1.29 is 9.47 Å². The minimum atomic E-state index is -0.418. The van der Waals surface area contributed by atoms with E-state index in [0.29, 0.717) is 0 Å². The summed E-state index contributed by atoms with van der Waals surface area (Å²) in [4.78, 5) is 0. The van der Waals surface area contributed by atoms with Crippen LogP contribution in [0, 0.1) is 0 Å². The number of hydrogen-bond acceptors (Lipinski definition) is 4. The van der Waals surface area contributed by atoms with Crippen molar-refractivity contribution in [2.24, 2.45) is 5.73 Å². The van der Waals surface area contributed by atoms with Gasteiger partial charge in [0.25, 0.3) is 0 Å². The molecule has 1 heterocycles. The Bertz CT molecular complexity index is 372. The van der Waals surface area contributed by atoms with Crippen LogP contribution < -0.4 is 10.5 Å². The van der Waals surface area contributed by atoms with Gasteiger partial charge in [-0.3, -0.25) is 4.68 Å². The van der Waals surface area contributed by atoms with E-state index in [2.05, 4.69) is 18.9 Å². The van der Waals surface area contributed by atoms with Crippen LogP contribution in [0.2, 0.25) is 0 Å². The predicted molar refractivity (Wildman–Crippen MR) is 71.7 cm³/mol. The summed E-state index contributed by atoms with van der Waals surface area (Å²) in [6, 6.07) is -0.267. The molecule has 0 radical (unpaired) electrons. The molecule has 2 N–H and O–H groups in total. The summed E-state index contributed by atoms with van der Waals surface area (Å²) in [5.74, 6) is 0.729. The Hall–Kier alpha value is -1.07. The molecule has 0 aliphatic rings. The average molecular weight is 255 g/mol. The van der Waals surface area contributed by atoms with Crippen molar-refractivity contribution in [2.75, 3.05) is 14.2 Å². The molecule has 1 aromatic rings. The molecule has 0 amide bonds. The van der Waals surface area contributed by atoms with Crippen LogP contribution in [0.25, 0.3) is 0 Å². The van der Waals surface area contributed by atoms with E-state index in [1.165, 1.54) is 0 Å². The number of aromatic nitrogens is 2. The summed E-state index contributed by atoms with van der Waals surface area (Å²) >= 11 is 0. The van der Waals surface area contributed by atoms with Crippen molar-refractivity contribution in [2.45, 2.75) is 51.8 Å². The lowest BCUT2D eigenvalue weighted by atomic mass is 9.91. The van der Waals surface area contributed by atoms with Gasteiger partial charge in [0.15, 0.2) is 5.75 Å². The summed E-state index contributed by atoms with van der Waals surface area (Å²) in [7, 11) is 3.33. The first-order valence-electron chi connectivity index (χ1n) is 6.44. The molecule has 0 saturated heterocycles. The van der Waals surface area contributed by atoms with Crippen molar-refractivity contribution >= 4 is 0 Å². The summed E-state index contributed by atoms with van der Waals surface area (Å²) in [6.07, 6.45) is 3.54. The Balaban J connectivity index is 3.16. The van der Waals surface area contributed by atoms with E-state index in [-0.39, 0.29) is 6.04 Å². The molecule has 1 aromatic heterocycles. The minimum Gasteiger partial charge on any atom is -0.493 e. The van der Waals surface area contributed by atoms with Gasteiger partial charge >= 0.3 is 0 Å². The third kappa shape index (κ3) is 2.67. The summed E-state index contributed by atoms with van der Waals surface area (Å²) in [5.41, 5.74) is 6.87. The van der Waals surface area contributed by atoms with E-state index in [1.807, 2.05) is 11.6 Å². The van der Waals surface area contributed by atoms with Crippen molar-refractivity contribution in [1.82, 2.24) is 9.78 Å². The molecule has 0 fully saturated rings. The molecule has 5 nitrogen and oxygen atoms in total. The number of nitrogens with zero attached hydrogens (tertiary/aromatic N) is 2. The zero-order valence-electron chi connectivity index (χ0n) is 12.1. The third-order valence-corrected chi connectivity index (χ3v) is 3.62. The van der Waals surface area contributed by atoms with Crippen molar-refractivity contribution in [3.05, 3.63) is 11.9 Å². The highest BCUT2D eigenvalue weighted by molar-refractivity contribution is 5.30. The lowest BCUT2D eigenvalue weighted by Crippen LogP contribution is -2.41. The highest BCUT2D eigenvalue weighted by Crippen LogP contribution is 2.34. The normalized spacial score (nSPS) is 16.3. The van der Waals surface area contributed by atoms with E-state index < -0.39 is 5.60 Å². The second kappa shape index (κ2) is 6.20. The van der Waals surface area contributed by atoms with Gasteiger partial charge in [0.1, 0.15) is 0 Å². The summed E-state index contributed by atoms with van der Waals surface area (Å²) in [5, 5.41) is 4.34. The van der Waals surface area contributed by atoms with Crippen molar-refractivity contribution in [3.8, 4) is 5.75 Å². The average Bonchev–Trinajstić information content (AvgIpc) is 2.80. The molecule has 0 aliphatic heterocycles. The SMILES string of the molecule is CCCn1ncc(OC)c1C(N)C(C)(CC)OC. The fraction of sp³-hybridized carbons (Fsp3) is 0.769. The van der Waals surface area contributed by atoms with Crippen LogP contribution in [0.4, 0.5) is 0 Å². The Kier molecular flexibility index (Phi) is 5.16. The third-order valence-electron chi connectivity index (χ3n) is 3.62. The maximum atomic E-state index is 6.38. The van der Waals surface area contributed by atoms with Crippen LogP contribution in [0.5, 0.6) is 5.75 Å². The highest BCUT2D eigenvalue weighted by atomic mass is 16.5. The fourth-order valence-electron chi connectivity index (χ4n) is 2.02. The maximum Gasteiger partial charge on any atom is 0.161 e. The number of nitrogens with two attached hydrogens (primary N) is 1.